The predicted octanol–water partition coefficient (Wildman–Crippen LogP) is 6.89. The van der Waals surface area contributed by atoms with Crippen molar-refractivity contribution >= 4 is 44.9 Å². The van der Waals surface area contributed by atoms with E-state index >= 15 is 0 Å². The number of hydrogen-bond acceptors (Lipinski definition) is 2. The monoisotopic (exact) mass is 428 g/mol. The lowest BCUT2D eigenvalue weighted by atomic mass is 9.80. The van der Waals surface area contributed by atoms with Crippen molar-refractivity contribution in [3.8, 4) is 6.07 Å². The second-order valence-corrected chi connectivity index (χ2v) is 8.91. The minimum absolute atomic E-state index is 0.0995. The Balaban J connectivity index is 2.08. The summed E-state index contributed by atoms with van der Waals surface area (Å²) in [6.07, 6.45) is 2.97. The van der Waals surface area contributed by atoms with E-state index in [1.54, 1.807) is 0 Å². The number of anilines is 1. The smallest absolute Gasteiger partial charge is 0.0998 e. The molecule has 0 aliphatic carbocycles. The number of fused-ring (bicyclic) bond motifs is 1. The number of nitrogens with zero attached hydrogens (tertiary/aromatic N) is 2. The van der Waals surface area contributed by atoms with Gasteiger partial charge in [-0.25, -0.2) is 0 Å². The molecule has 1 aliphatic rings. The van der Waals surface area contributed by atoms with Gasteiger partial charge in [0, 0.05) is 27.8 Å². The second-order valence-electron chi connectivity index (χ2n) is 7.59. The lowest BCUT2D eigenvalue weighted by molar-refractivity contribution is 0.395. The first-order chi connectivity index (χ1) is 12.2. The number of benzene rings is 2. The summed E-state index contributed by atoms with van der Waals surface area (Å²) in [6, 6.07) is 14.2. The molecule has 3 rings (SSSR count). The van der Waals surface area contributed by atoms with Crippen LogP contribution in [0, 0.1) is 11.3 Å². The van der Waals surface area contributed by atoms with Gasteiger partial charge in [0.05, 0.1) is 11.6 Å². The number of allylic oxidation sites excluding steroid dienone is 1. The molecular weight excluding hydrogens is 408 g/mol. The first-order valence-electron chi connectivity index (χ1n) is 8.68. The molecular formula is C22H22BrClN2. The Hall–Kier alpha value is -1.76. The number of halogens is 2. The fraction of sp³-hybridized carbons (Fsp3) is 0.318. The third kappa shape index (κ3) is 3.54. The van der Waals surface area contributed by atoms with Crippen LogP contribution in [0.15, 0.2) is 40.9 Å². The fourth-order valence-corrected chi connectivity index (χ4v) is 4.16. The summed E-state index contributed by atoms with van der Waals surface area (Å²) in [4.78, 5) is 2.31. The molecule has 0 bridgehead atoms. The highest BCUT2D eigenvalue weighted by Crippen LogP contribution is 2.44. The summed E-state index contributed by atoms with van der Waals surface area (Å²) in [6.45, 7) is 6.78. The summed E-state index contributed by atoms with van der Waals surface area (Å²) in [5.41, 5.74) is 4.95. The van der Waals surface area contributed by atoms with E-state index in [-0.39, 0.29) is 5.54 Å². The minimum Gasteiger partial charge on any atom is -0.369 e. The molecule has 1 atom stereocenters. The molecule has 2 nitrogen and oxygen atoms in total. The van der Waals surface area contributed by atoms with Crippen LogP contribution >= 0.6 is 27.5 Å². The minimum atomic E-state index is 0.0995. The van der Waals surface area contributed by atoms with Crippen LogP contribution in [-0.4, -0.2) is 12.6 Å². The Morgan fingerprint density at radius 2 is 1.96 bits per heavy atom. The highest BCUT2D eigenvalue weighted by Gasteiger charge is 2.34. The normalized spacial score (nSPS) is 19.0. The highest BCUT2D eigenvalue weighted by molar-refractivity contribution is 9.10. The highest BCUT2D eigenvalue weighted by atomic mass is 79.9. The van der Waals surface area contributed by atoms with Crippen molar-refractivity contribution in [2.24, 2.45) is 0 Å². The van der Waals surface area contributed by atoms with E-state index < -0.39 is 0 Å². The van der Waals surface area contributed by atoms with E-state index in [9.17, 15) is 5.26 Å². The third-order valence-electron chi connectivity index (χ3n) is 5.33. The van der Waals surface area contributed by atoms with Gasteiger partial charge in [-0.05, 0) is 73.2 Å². The van der Waals surface area contributed by atoms with Crippen LogP contribution in [-0.2, 0) is 0 Å². The predicted molar refractivity (Wildman–Crippen MR) is 115 cm³/mol. The zero-order valence-corrected chi connectivity index (χ0v) is 17.8. The first-order valence-corrected chi connectivity index (χ1v) is 9.85. The molecule has 0 N–H and O–H groups in total. The van der Waals surface area contributed by atoms with Crippen LogP contribution in [0.4, 0.5) is 5.69 Å². The number of rotatable bonds is 2. The second kappa shape index (κ2) is 7.10. The van der Waals surface area contributed by atoms with Gasteiger partial charge in [0.15, 0.2) is 0 Å². The van der Waals surface area contributed by atoms with E-state index in [1.165, 1.54) is 11.3 Å². The van der Waals surface area contributed by atoms with Crippen LogP contribution in [0.2, 0.25) is 5.02 Å². The molecule has 26 heavy (non-hydrogen) atoms. The topological polar surface area (TPSA) is 27.0 Å². The number of hydrogen-bond donors (Lipinski definition) is 0. The number of nitriles is 1. The van der Waals surface area contributed by atoms with Crippen LogP contribution in [0.3, 0.4) is 0 Å². The molecule has 2 aromatic rings. The molecule has 1 heterocycles. The van der Waals surface area contributed by atoms with Crippen molar-refractivity contribution in [2.75, 3.05) is 11.9 Å². The van der Waals surface area contributed by atoms with Crippen LogP contribution in [0.5, 0.6) is 0 Å². The fourth-order valence-electron chi connectivity index (χ4n) is 3.68. The average Bonchev–Trinajstić information content (AvgIpc) is 2.59. The zero-order valence-electron chi connectivity index (χ0n) is 15.5. The van der Waals surface area contributed by atoms with Gasteiger partial charge < -0.3 is 4.90 Å². The summed E-state index contributed by atoms with van der Waals surface area (Å²) in [5, 5.41) is 10.3. The van der Waals surface area contributed by atoms with Crippen molar-refractivity contribution < 1.29 is 0 Å². The SMILES string of the molecule is C[C@H]1CC(C)(C)N(C)c2cc(Cl)c(/C=C(/C#N)c3ccc(Br)cc3)cc21. The van der Waals surface area contributed by atoms with Crippen molar-refractivity contribution in [1.82, 2.24) is 0 Å². The van der Waals surface area contributed by atoms with Gasteiger partial charge >= 0.3 is 0 Å². The van der Waals surface area contributed by atoms with Crippen molar-refractivity contribution in [3.05, 3.63) is 62.6 Å². The van der Waals surface area contributed by atoms with E-state index in [1.807, 2.05) is 36.4 Å². The molecule has 0 radical (unpaired) electrons. The molecule has 1 aliphatic heterocycles. The maximum Gasteiger partial charge on any atom is 0.0998 e. The average molecular weight is 430 g/mol. The molecule has 4 heteroatoms. The Bertz CT molecular complexity index is 907. The third-order valence-corrected chi connectivity index (χ3v) is 6.18. The molecule has 0 saturated heterocycles. The van der Waals surface area contributed by atoms with Crippen molar-refractivity contribution in [1.29, 1.82) is 5.26 Å². The van der Waals surface area contributed by atoms with Crippen molar-refractivity contribution in [3.63, 3.8) is 0 Å². The maximum absolute atomic E-state index is 9.62. The van der Waals surface area contributed by atoms with Crippen molar-refractivity contribution in [2.45, 2.75) is 38.6 Å². The Morgan fingerprint density at radius 1 is 1.31 bits per heavy atom. The summed E-state index contributed by atoms with van der Waals surface area (Å²) >= 11 is 10.0. The summed E-state index contributed by atoms with van der Waals surface area (Å²) < 4.78 is 0.991. The van der Waals surface area contributed by atoms with Gasteiger partial charge in [0.25, 0.3) is 0 Å². The van der Waals surface area contributed by atoms with Gasteiger partial charge in [-0.15, -0.1) is 0 Å². The Labute approximate surface area is 169 Å². The standard InChI is InChI=1S/C22H22BrClN2/c1-14-12-22(2,3)26(4)21-11-20(24)16(10-19(14)21)9-17(13-25)15-5-7-18(23)8-6-15/h5-11,14H,12H2,1-4H3/b17-9-/t14-/m0/s1. The van der Waals surface area contributed by atoms with Crippen LogP contribution < -0.4 is 4.90 Å². The Morgan fingerprint density at radius 3 is 2.58 bits per heavy atom. The summed E-state index contributed by atoms with van der Waals surface area (Å²) in [7, 11) is 2.12. The molecule has 0 saturated carbocycles. The largest absolute Gasteiger partial charge is 0.369 e. The van der Waals surface area contributed by atoms with Gasteiger partial charge in [-0.2, -0.15) is 5.26 Å². The maximum atomic E-state index is 9.62. The van der Waals surface area contributed by atoms with E-state index in [0.29, 0.717) is 16.5 Å². The summed E-state index contributed by atoms with van der Waals surface area (Å²) in [5.74, 6) is 0.443. The van der Waals surface area contributed by atoms with E-state index in [0.717, 1.165) is 22.0 Å². The quantitative estimate of drug-likeness (QED) is 0.384. The zero-order chi connectivity index (χ0) is 19.1. The lowest BCUT2D eigenvalue weighted by Crippen LogP contribution is -2.45. The van der Waals surface area contributed by atoms with Gasteiger partial charge in [0.1, 0.15) is 0 Å². The van der Waals surface area contributed by atoms with Gasteiger partial charge in [0.2, 0.25) is 0 Å². The molecule has 2 aromatic carbocycles. The first kappa shape index (κ1) is 19.0. The van der Waals surface area contributed by atoms with E-state index in [4.69, 9.17) is 11.6 Å². The molecule has 0 aromatic heterocycles. The molecule has 0 unspecified atom stereocenters. The van der Waals surface area contributed by atoms with Gasteiger partial charge in [-0.3, -0.25) is 0 Å². The van der Waals surface area contributed by atoms with Crippen LogP contribution in [0.25, 0.3) is 11.6 Å². The molecule has 0 amide bonds. The molecule has 134 valence electrons. The molecule has 0 fully saturated rings. The Kier molecular flexibility index (Phi) is 5.19. The molecule has 0 spiro atoms. The van der Waals surface area contributed by atoms with Gasteiger partial charge in [-0.1, -0.05) is 46.6 Å². The van der Waals surface area contributed by atoms with E-state index in [2.05, 4.69) is 60.8 Å². The van der Waals surface area contributed by atoms with Crippen LogP contribution in [0.1, 0.15) is 49.8 Å². The lowest BCUT2D eigenvalue weighted by Gasteiger charge is -2.45.